The Labute approximate surface area is 158 Å². The number of hydrogen-bond donors (Lipinski definition) is 1. The Balaban J connectivity index is 1.80. The van der Waals surface area contributed by atoms with E-state index >= 15 is 0 Å². The maximum absolute atomic E-state index is 12.9. The van der Waals surface area contributed by atoms with Crippen molar-refractivity contribution in [3.8, 4) is 0 Å². The number of carbonyl (C=O) groups excluding carboxylic acids is 2. The van der Waals surface area contributed by atoms with Crippen LogP contribution in [0.2, 0.25) is 0 Å². The zero-order valence-corrected chi connectivity index (χ0v) is 16.1. The smallest absolute Gasteiger partial charge is 0.354 e. The summed E-state index contributed by atoms with van der Waals surface area (Å²) in [7, 11) is -3.14. The molecule has 1 N–H and O–H groups in total. The highest BCUT2D eigenvalue weighted by Crippen LogP contribution is 2.26. The molecule has 0 spiro atoms. The van der Waals surface area contributed by atoms with E-state index in [1.54, 1.807) is 26.0 Å². The van der Waals surface area contributed by atoms with Crippen LogP contribution in [0.15, 0.2) is 35.4 Å². The summed E-state index contributed by atoms with van der Waals surface area (Å²) < 4.78 is 28.6. The van der Waals surface area contributed by atoms with Crippen LogP contribution in [0.5, 0.6) is 0 Å². The molecule has 2 aliphatic heterocycles. The molecule has 0 aromatic heterocycles. The zero-order valence-electron chi connectivity index (χ0n) is 15.3. The van der Waals surface area contributed by atoms with Crippen LogP contribution in [0.25, 0.3) is 0 Å². The van der Waals surface area contributed by atoms with Crippen molar-refractivity contribution >= 4 is 33.1 Å². The molecule has 27 heavy (non-hydrogen) atoms. The van der Waals surface area contributed by atoms with Crippen LogP contribution in [0.3, 0.4) is 0 Å². The number of anilines is 1. The molecule has 146 valence electrons. The number of nitrogens with zero attached hydrogens (tertiary/aromatic N) is 2. The van der Waals surface area contributed by atoms with Crippen LogP contribution in [-0.2, 0) is 24.2 Å². The molecule has 3 atom stereocenters. The first-order chi connectivity index (χ1) is 12.8. The van der Waals surface area contributed by atoms with E-state index in [4.69, 9.17) is 4.74 Å². The average Bonchev–Trinajstić information content (AvgIpc) is 3.17. The van der Waals surface area contributed by atoms with Gasteiger partial charge < -0.3 is 10.1 Å². The first kappa shape index (κ1) is 19.3. The summed E-state index contributed by atoms with van der Waals surface area (Å²) in [6.07, 6.45) is 0.105. The molecule has 2 heterocycles. The van der Waals surface area contributed by atoms with Crippen molar-refractivity contribution in [3.05, 3.63) is 30.3 Å². The largest absolute Gasteiger partial charge is 0.461 e. The Kier molecular flexibility index (Phi) is 5.50. The number of carbonyl (C=O) groups is 2. The monoisotopic (exact) mass is 393 g/mol. The molecular weight excluding hydrogens is 370 g/mol. The van der Waals surface area contributed by atoms with Crippen molar-refractivity contribution in [2.75, 3.05) is 23.1 Å². The van der Waals surface area contributed by atoms with Gasteiger partial charge in [0.25, 0.3) is 0 Å². The molecule has 1 aromatic carbocycles. The van der Waals surface area contributed by atoms with Gasteiger partial charge in [-0.25, -0.2) is 13.2 Å². The quantitative estimate of drug-likeness (QED) is 0.740. The minimum absolute atomic E-state index is 0.0651. The molecule has 2 aliphatic rings. The van der Waals surface area contributed by atoms with Crippen LogP contribution in [-0.4, -0.2) is 56.2 Å². The van der Waals surface area contributed by atoms with Crippen molar-refractivity contribution in [2.45, 2.75) is 32.4 Å². The number of sulfone groups is 1. The summed E-state index contributed by atoms with van der Waals surface area (Å²) in [6, 6.07) is 7.88. The molecule has 1 aromatic rings. The second kappa shape index (κ2) is 7.67. The highest BCUT2D eigenvalue weighted by Gasteiger charge is 2.41. The minimum Gasteiger partial charge on any atom is -0.461 e. The van der Waals surface area contributed by atoms with E-state index in [1.807, 2.05) is 18.2 Å². The Hall–Kier alpha value is -2.42. The minimum atomic E-state index is -3.14. The fraction of sp³-hybridized carbons (Fsp3) is 0.500. The fourth-order valence-corrected chi connectivity index (χ4v) is 5.48. The molecule has 0 saturated carbocycles. The van der Waals surface area contributed by atoms with Crippen LogP contribution in [0, 0.1) is 5.92 Å². The van der Waals surface area contributed by atoms with Crippen molar-refractivity contribution in [1.82, 2.24) is 5.32 Å². The predicted octanol–water partition coefficient (Wildman–Crippen LogP) is 0.734. The van der Waals surface area contributed by atoms with E-state index in [2.05, 4.69) is 10.4 Å². The standard InChI is InChI=1S/C18H23N3O5S/c1-3-26-18(23)14-9-16(21(20-14)13-7-5-4-6-8-13)17(22)19-15-11-27(24,25)10-12(15)2/h4-8,12,15-16H,3,9-11H2,1-2H3,(H,19,22)/t12-,15+,16?/m0/s1. The molecular formula is C18H23N3O5S. The maximum atomic E-state index is 12.9. The van der Waals surface area contributed by atoms with Crippen LogP contribution in [0.4, 0.5) is 5.69 Å². The first-order valence-electron chi connectivity index (χ1n) is 8.90. The average molecular weight is 393 g/mol. The maximum Gasteiger partial charge on any atom is 0.354 e. The van der Waals surface area contributed by atoms with Gasteiger partial charge in [0.15, 0.2) is 9.84 Å². The van der Waals surface area contributed by atoms with Gasteiger partial charge in [-0.05, 0) is 25.0 Å². The lowest BCUT2D eigenvalue weighted by molar-refractivity contribution is -0.135. The van der Waals surface area contributed by atoms with Crippen molar-refractivity contribution < 1.29 is 22.7 Å². The van der Waals surface area contributed by atoms with Crippen molar-refractivity contribution in [3.63, 3.8) is 0 Å². The van der Waals surface area contributed by atoms with E-state index in [1.165, 1.54) is 5.01 Å². The second-order valence-electron chi connectivity index (χ2n) is 6.84. The number of para-hydroxylation sites is 1. The van der Waals surface area contributed by atoms with E-state index in [0.29, 0.717) is 5.69 Å². The van der Waals surface area contributed by atoms with Crippen molar-refractivity contribution in [2.24, 2.45) is 11.0 Å². The lowest BCUT2D eigenvalue weighted by atomic mass is 10.0. The number of rotatable bonds is 5. The van der Waals surface area contributed by atoms with Gasteiger partial charge in [0.05, 0.1) is 23.8 Å². The van der Waals surface area contributed by atoms with Gasteiger partial charge in [-0.15, -0.1) is 0 Å². The lowest BCUT2D eigenvalue weighted by Crippen LogP contribution is -2.48. The SMILES string of the molecule is CCOC(=O)C1=NN(c2ccccc2)C(C(=O)N[C@@H]2CS(=O)(=O)C[C@@H]2C)C1. The number of ether oxygens (including phenoxy) is 1. The third kappa shape index (κ3) is 4.29. The molecule has 1 unspecified atom stereocenters. The highest BCUT2D eigenvalue weighted by molar-refractivity contribution is 7.91. The number of hydrazone groups is 1. The normalized spacial score (nSPS) is 26.5. The first-order valence-corrected chi connectivity index (χ1v) is 10.7. The number of esters is 1. The van der Waals surface area contributed by atoms with Gasteiger partial charge in [-0.1, -0.05) is 25.1 Å². The molecule has 8 nitrogen and oxygen atoms in total. The Morgan fingerprint density at radius 2 is 1.96 bits per heavy atom. The second-order valence-corrected chi connectivity index (χ2v) is 8.99. The third-order valence-corrected chi connectivity index (χ3v) is 6.61. The molecule has 0 bridgehead atoms. The Morgan fingerprint density at radius 3 is 2.56 bits per heavy atom. The summed E-state index contributed by atoms with van der Waals surface area (Å²) in [5.74, 6) is -1.06. The summed E-state index contributed by atoms with van der Waals surface area (Å²) in [5.41, 5.74) is 0.844. The molecule has 1 amide bonds. The van der Waals surface area contributed by atoms with E-state index in [9.17, 15) is 18.0 Å². The van der Waals surface area contributed by atoms with E-state index < -0.39 is 27.9 Å². The molecule has 1 fully saturated rings. The molecule has 1 saturated heterocycles. The Bertz CT molecular complexity index is 853. The predicted molar refractivity (Wildman–Crippen MR) is 101 cm³/mol. The summed E-state index contributed by atoms with van der Waals surface area (Å²) in [5, 5.41) is 8.63. The number of benzene rings is 1. The highest BCUT2D eigenvalue weighted by atomic mass is 32.2. The van der Waals surface area contributed by atoms with E-state index in [0.717, 1.165) is 0 Å². The van der Waals surface area contributed by atoms with Crippen LogP contribution >= 0.6 is 0 Å². The van der Waals surface area contributed by atoms with Crippen LogP contribution < -0.4 is 10.3 Å². The molecule has 3 rings (SSSR count). The molecule has 9 heteroatoms. The van der Waals surface area contributed by atoms with E-state index in [-0.39, 0.29) is 42.1 Å². The van der Waals surface area contributed by atoms with Gasteiger partial charge in [0.2, 0.25) is 5.91 Å². The number of amides is 1. The number of nitrogens with one attached hydrogen (secondary N) is 1. The fourth-order valence-electron chi connectivity index (χ4n) is 3.36. The molecule has 0 aliphatic carbocycles. The van der Waals surface area contributed by atoms with Gasteiger partial charge >= 0.3 is 5.97 Å². The summed E-state index contributed by atoms with van der Waals surface area (Å²) >= 11 is 0. The number of hydrogen-bond acceptors (Lipinski definition) is 7. The van der Waals surface area contributed by atoms with Crippen molar-refractivity contribution in [1.29, 1.82) is 0 Å². The third-order valence-electron chi connectivity index (χ3n) is 4.71. The van der Waals surface area contributed by atoms with Gasteiger partial charge in [-0.2, -0.15) is 5.10 Å². The van der Waals surface area contributed by atoms with Crippen LogP contribution in [0.1, 0.15) is 20.3 Å². The van der Waals surface area contributed by atoms with Gasteiger partial charge in [0, 0.05) is 12.5 Å². The molecule has 0 radical (unpaired) electrons. The van der Waals surface area contributed by atoms with Gasteiger partial charge in [0.1, 0.15) is 11.8 Å². The topological polar surface area (TPSA) is 105 Å². The van der Waals surface area contributed by atoms with Gasteiger partial charge in [-0.3, -0.25) is 9.80 Å². The lowest BCUT2D eigenvalue weighted by Gasteiger charge is -2.25. The summed E-state index contributed by atoms with van der Waals surface area (Å²) in [6.45, 7) is 3.73. The Morgan fingerprint density at radius 1 is 1.26 bits per heavy atom. The summed E-state index contributed by atoms with van der Waals surface area (Å²) in [4.78, 5) is 25.0. The zero-order chi connectivity index (χ0) is 19.6.